The summed E-state index contributed by atoms with van der Waals surface area (Å²) in [5.74, 6) is 0. The predicted octanol–water partition coefficient (Wildman–Crippen LogP) is 4.44. The fourth-order valence-electron chi connectivity index (χ4n) is 2.32. The highest BCUT2D eigenvalue weighted by atomic mass is 35.5. The molecule has 0 aliphatic carbocycles. The summed E-state index contributed by atoms with van der Waals surface area (Å²) in [6, 6.07) is 7.84. The molecule has 0 aliphatic rings. The molecule has 104 valence electrons. The van der Waals surface area contributed by atoms with Crippen molar-refractivity contribution in [3.8, 4) is 6.07 Å². The van der Waals surface area contributed by atoms with E-state index in [1.807, 2.05) is 36.7 Å². The molecule has 0 saturated heterocycles. The Labute approximate surface area is 123 Å². The van der Waals surface area contributed by atoms with Gasteiger partial charge in [-0.15, -0.1) is 0 Å². The molecule has 1 aromatic heterocycles. The number of hydrogen-bond donors (Lipinski definition) is 0. The number of benzene rings is 1. The van der Waals surface area contributed by atoms with Crippen molar-refractivity contribution in [2.24, 2.45) is 5.41 Å². The van der Waals surface area contributed by atoms with Gasteiger partial charge in [-0.25, -0.2) is 0 Å². The zero-order valence-electron chi connectivity index (χ0n) is 11.7. The average Bonchev–Trinajstić information content (AvgIpc) is 2.76. The van der Waals surface area contributed by atoms with Crippen molar-refractivity contribution in [1.82, 2.24) is 4.57 Å². The van der Waals surface area contributed by atoms with Crippen LogP contribution >= 0.6 is 11.6 Å². The van der Waals surface area contributed by atoms with Crippen molar-refractivity contribution in [1.29, 1.82) is 5.26 Å². The summed E-state index contributed by atoms with van der Waals surface area (Å²) >= 11 is 6.03. The Bertz CT molecular complexity index is 680. The van der Waals surface area contributed by atoms with E-state index in [1.165, 1.54) is 0 Å². The zero-order valence-corrected chi connectivity index (χ0v) is 12.4. The first kappa shape index (κ1) is 14.6. The number of rotatable bonds is 5. The minimum absolute atomic E-state index is 0.311. The molecule has 2 rings (SSSR count). The second kappa shape index (κ2) is 5.68. The second-order valence-electron chi connectivity index (χ2n) is 5.66. The molecule has 0 radical (unpaired) electrons. The summed E-state index contributed by atoms with van der Waals surface area (Å²) in [5, 5.41) is 10.6. The highest BCUT2D eigenvalue weighted by Gasteiger charge is 2.16. The van der Waals surface area contributed by atoms with E-state index >= 15 is 0 Å². The largest absolute Gasteiger partial charge is 0.347 e. The molecule has 20 heavy (non-hydrogen) atoms. The number of hydrogen-bond acceptors (Lipinski definition) is 2. The maximum Gasteiger partial charge on any atom is 0.152 e. The van der Waals surface area contributed by atoms with Crippen LogP contribution in [0.25, 0.3) is 10.9 Å². The summed E-state index contributed by atoms with van der Waals surface area (Å²) in [6.07, 6.45) is 4.43. The van der Waals surface area contributed by atoms with Gasteiger partial charge < -0.3 is 4.57 Å². The van der Waals surface area contributed by atoms with Crippen molar-refractivity contribution in [2.45, 2.75) is 33.2 Å². The summed E-state index contributed by atoms with van der Waals surface area (Å²) < 4.78 is 2.04. The highest BCUT2D eigenvalue weighted by molar-refractivity contribution is 6.31. The van der Waals surface area contributed by atoms with Gasteiger partial charge in [-0.05, 0) is 38.8 Å². The van der Waals surface area contributed by atoms with Crippen molar-refractivity contribution in [2.75, 3.05) is 0 Å². The number of aryl methyl sites for hydroxylation is 1. The van der Waals surface area contributed by atoms with Crippen molar-refractivity contribution < 1.29 is 4.79 Å². The van der Waals surface area contributed by atoms with Crippen molar-refractivity contribution >= 4 is 28.8 Å². The molecule has 0 aliphatic heterocycles. The lowest BCUT2D eigenvalue weighted by Crippen LogP contribution is -2.09. The van der Waals surface area contributed by atoms with Gasteiger partial charge in [0.1, 0.15) is 0 Å². The van der Waals surface area contributed by atoms with Gasteiger partial charge in [0.15, 0.2) is 6.29 Å². The second-order valence-corrected chi connectivity index (χ2v) is 6.09. The molecule has 0 saturated carbocycles. The number of carbonyl (C=O) groups excluding carboxylic acids is 1. The third-order valence-corrected chi connectivity index (χ3v) is 3.74. The van der Waals surface area contributed by atoms with Crippen LogP contribution in [0.2, 0.25) is 5.02 Å². The van der Waals surface area contributed by atoms with Gasteiger partial charge in [0.2, 0.25) is 0 Å². The molecule has 4 heteroatoms. The van der Waals surface area contributed by atoms with Gasteiger partial charge >= 0.3 is 0 Å². The van der Waals surface area contributed by atoms with E-state index < -0.39 is 0 Å². The molecular weight excluding hydrogens is 272 g/mol. The lowest BCUT2D eigenvalue weighted by atomic mass is 9.90. The van der Waals surface area contributed by atoms with E-state index in [4.69, 9.17) is 16.9 Å². The molecule has 0 unspecified atom stereocenters. The molecule has 0 atom stereocenters. The molecule has 0 fully saturated rings. The number of fused-ring (bicyclic) bond motifs is 1. The predicted molar refractivity (Wildman–Crippen MR) is 81.0 cm³/mol. The van der Waals surface area contributed by atoms with E-state index in [2.05, 4.69) is 6.07 Å². The summed E-state index contributed by atoms with van der Waals surface area (Å²) in [6.45, 7) is 4.65. The average molecular weight is 289 g/mol. The molecule has 0 spiro atoms. The van der Waals surface area contributed by atoms with E-state index in [0.717, 1.165) is 36.6 Å². The Kier molecular flexibility index (Phi) is 4.15. The minimum atomic E-state index is -0.311. The van der Waals surface area contributed by atoms with Crippen LogP contribution in [-0.2, 0) is 6.54 Å². The number of halogens is 1. The first-order valence-electron chi connectivity index (χ1n) is 6.62. The standard InChI is InChI=1S/C16H17ClN2O/c1-16(2,11-18)6-3-7-19-9-12(10-20)14-5-4-13(17)8-15(14)19/h4-5,8-10H,3,6-7H2,1-2H3. The van der Waals surface area contributed by atoms with Crippen molar-refractivity contribution in [3.05, 3.63) is 35.0 Å². The molecule has 0 amide bonds. The van der Waals surface area contributed by atoms with E-state index in [9.17, 15) is 4.79 Å². The SMILES string of the molecule is CC(C)(C#N)CCCn1cc(C=O)c2ccc(Cl)cc21. The quantitative estimate of drug-likeness (QED) is 0.764. The number of aldehydes is 1. The van der Waals surface area contributed by atoms with Gasteiger partial charge in [-0.2, -0.15) is 5.26 Å². The highest BCUT2D eigenvalue weighted by Crippen LogP contribution is 2.26. The van der Waals surface area contributed by atoms with E-state index in [0.29, 0.717) is 10.6 Å². The number of nitrogens with zero attached hydrogens (tertiary/aromatic N) is 2. The molecule has 3 nitrogen and oxygen atoms in total. The van der Waals surface area contributed by atoms with E-state index in [-0.39, 0.29) is 5.41 Å². The third kappa shape index (κ3) is 3.02. The monoisotopic (exact) mass is 288 g/mol. The fraction of sp³-hybridized carbons (Fsp3) is 0.375. The maximum atomic E-state index is 11.1. The van der Waals surface area contributed by atoms with Crippen LogP contribution < -0.4 is 0 Å². The summed E-state index contributed by atoms with van der Waals surface area (Å²) in [5.41, 5.74) is 1.33. The minimum Gasteiger partial charge on any atom is -0.347 e. The van der Waals surface area contributed by atoms with Gasteiger partial charge in [0.25, 0.3) is 0 Å². The summed E-state index contributed by atoms with van der Waals surface area (Å²) in [7, 11) is 0. The normalized spacial score (nSPS) is 11.5. The van der Waals surface area contributed by atoms with Crippen LogP contribution in [0.4, 0.5) is 0 Å². The Hall–Kier alpha value is -1.79. The van der Waals surface area contributed by atoms with Gasteiger partial charge in [0.05, 0.1) is 17.0 Å². The Balaban J connectivity index is 2.24. The molecule has 0 bridgehead atoms. The molecule has 1 aromatic carbocycles. The lowest BCUT2D eigenvalue weighted by Gasteiger charge is -2.15. The van der Waals surface area contributed by atoms with Crippen LogP contribution in [0.15, 0.2) is 24.4 Å². The molecule has 1 heterocycles. The smallest absolute Gasteiger partial charge is 0.152 e. The molecular formula is C16H17ClN2O. The first-order chi connectivity index (χ1) is 9.46. The lowest BCUT2D eigenvalue weighted by molar-refractivity contribution is 0.112. The van der Waals surface area contributed by atoms with Crippen LogP contribution in [0.3, 0.4) is 0 Å². The third-order valence-electron chi connectivity index (χ3n) is 3.51. The Morgan fingerprint density at radius 3 is 2.85 bits per heavy atom. The Morgan fingerprint density at radius 1 is 1.45 bits per heavy atom. The van der Waals surface area contributed by atoms with Crippen LogP contribution in [0.1, 0.15) is 37.0 Å². The number of carbonyl (C=O) groups is 1. The Morgan fingerprint density at radius 2 is 2.20 bits per heavy atom. The van der Waals surface area contributed by atoms with Crippen molar-refractivity contribution in [3.63, 3.8) is 0 Å². The maximum absolute atomic E-state index is 11.1. The molecule has 0 N–H and O–H groups in total. The first-order valence-corrected chi connectivity index (χ1v) is 6.99. The summed E-state index contributed by atoms with van der Waals surface area (Å²) in [4.78, 5) is 11.1. The van der Waals surface area contributed by atoms with Crippen LogP contribution in [0.5, 0.6) is 0 Å². The molecule has 2 aromatic rings. The van der Waals surface area contributed by atoms with Gasteiger partial charge in [-0.3, -0.25) is 4.79 Å². The van der Waals surface area contributed by atoms with Gasteiger partial charge in [-0.1, -0.05) is 17.7 Å². The van der Waals surface area contributed by atoms with Gasteiger partial charge in [0, 0.05) is 28.7 Å². The number of nitriles is 1. The van der Waals surface area contributed by atoms with Crippen LogP contribution in [0, 0.1) is 16.7 Å². The number of aromatic nitrogens is 1. The fourth-order valence-corrected chi connectivity index (χ4v) is 2.49. The zero-order chi connectivity index (χ0) is 14.8. The van der Waals surface area contributed by atoms with Crippen LogP contribution in [-0.4, -0.2) is 10.9 Å². The topological polar surface area (TPSA) is 45.8 Å². The van der Waals surface area contributed by atoms with E-state index in [1.54, 1.807) is 6.07 Å².